The fraction of sp³-hybridized carbons (Fsp3) is 0.190. The van der Waals surface area contributed by atoms with Crippen LogP contribution in [0.3, 0.4) is 0 Å². The van der Waals surface area contributed by atoms with Crippen LogP contribution in [0.5, 0.6) is 0 Å². The molecule has 1 unspecified atom stereocenters. The van der Waals surface area contributed by atoms with Crippen LogP contribution in [-0.4, -0.2) is 34.7 Å². The molecule has 3 rings (SSSR count). The minimum atomic E-state index is -0.897. The van der Waals surface area contributed by atoms with Gasteiger partial charge in [-0.3, -0.25) is 29.5 Å². The standard InChI is InChI=1S/C21H19FN4O4/c22-17-12(4-1-6-13-7-3-11-24-18(13)19(23)28)5-2-8-14(17)20(29)25-15-9-10-16(27)26-21(15)30/h1-5,7-8,11,15H,6,9-10H2,(H2,23,28)(H,25,29)(H,26,27,30). The molecule has 1 aliphatic rings. The summed E-state index contributed by atoms with van der Waals surface area (Å²) in [5, 5.41) is 4.58. The molecule has 0 aliphatic carbocycles. The van der Waals surface area contributed by atoms with Gasteiger partial charge in [0.25, 0.3) is 11.8 Å². The van der Waals surface area contributed by atoms with E-state index in [0.717, 1.165) is 0 Å². The number of carbonyl (C=O) groups excluding carboxylic acids is 4. The summed E-state index contributed by atoms with van der Waals surface area (Å²) in [5.41, 5.74) is 5.96. The Hall–Kier alpha value is -3.88. The number of nitrogens with zero attached hydrogens (tertiary/aromatic N) is 1. The van der Waals surface area contributed by atoms with E-state index < -0.39 is 35.5 Å². The van der Waals surface area contributed by atoms with Gasteiger partial charge in [0.2, 0.25) is 11.8 Å². The molecule has 4 N–H and O–H groups in total. The lowest BCUT2D eigenvalue weighted by molar-refractivity contribution is -0.134. The highest BCUT2D eigenvalue weighted by molar-refractivity contribution is 6.04. The lowest BCUT2D eigenvalue weighted by Crippen LogP contribution is -2.52. The minimum Gasteiger partial charge on any atom is -0.364 e. The fourth-order valence-corrected chi connectivity index (χ4v) is 3.06. The number of imide groups is 1. The molecule has 4 amide bonds. The van der Waals surface area contributed by atoms with Crippen molar-refractivity contribution in [2.24, 2.45) is 5.73 Å². The second-order valence-electron chi connectivity index (χ2n) is 6.67. The van der Waals surface area contributed by atoms with Crippen molar-refractivity contribution in [2.45, 2.75) is 25.3 Å². The number of nitrogens with one attached hydrogen (secondary N) is 2. The molecule has 2 aromatic rings. The van der Waals surface area contributed by atoms with Gasteiger partial charge < -0.3 is 11.1 Å². The van der Waals surface area contributed by atoms with E-state index in [1.807, 2.05) is 0 Å². The van der Waals surface area contributed by atoms with Crippen LogP contribution in [0.4, 0.5) is 4.39 Å². The van der Waals surface area contributed by atoms with E-state index in [-0.39, 0.29) is 36.1 Å². The Morgan fingerprint density at radius 2 is 2.07 bits per heavy atom. The van der Waals surface area contributed by atoms with Crippen molar-refractivity contribution in [1.82, 2.24) is 15.6 Å². The van der Waals surface area contributed by atoms with E-state index in [1.165, 1.54) is 30.5 Å². The molecule has 1 saturated heterocycles. The molecule has 1 aromatic carbocycles. The first-order valence-corrected chi connectivity index (χ1v) is 9.20. The predicted octanol–water partition coefficient (Wildman–Crippen LogP) is 1.11. The Balaban J connectivity index is 1.73. The van der Waals surface area contributed by atoms with Gasteiger partial charge >= 0.3 is 0 Å². The van der Waals surface area contributed by atoms with Gasteiger partial charge in [0.05, 0.1) is 5.56 Å². The average Bonchev–Trinajstić information content (AvgIpc) is 2.71. The lowest BCUT2D eigenvalue weighted by Gasteiger charge is -2.22. The van der Waals surface area contributed by atoms with E-state index in [9.17, 15) is 23.6 Å². The van der Waals surface area contributed by atoms with Crippen LogP contribution >= 0.6 is 0 Å². The van der Waals surface area contributed by atoms with E-state index in [4.69, 9.17) is 5.73 Å². The third-order valence-corrected chi connectivity index (χ3v) is 4.58. The number of piperidine rings is 1. The van der Waals surface area contributed by atoms with Gasteiger partial charge in [-0.15, -0.1) is 0 Å². The number of benzene rings is 1. The first kappa shape index (κ1) is 20.8. The number of pyridine rings is 1. The summed E-state index contributed by atoms with van der Waals surface area (Å²) in [6.45, 7) is 0. The van der Waals surface area contributed by atoms with Crippen molar-refractivity contribution >= 4 is 29.7 Å². The number of allylic oxidation sites excluding steroid dienone is 1. The first-order valence-electron chi connectivity index (χ1n) is 9.20. The number of hydrogen-bond donors (Lipinski definition) is 3. The summed E-state index contributed by atoms with van der Waals surface area (Å²) in [4.78, 5) is 50.8. The maximum absolute atomic E-state index is 14.8. The molecule has 1 atom stereocenters. The molecular weight excluding hydrogens is 391 g/mol. The maximum atomic E-state index is 14.8. The van der Waals surface area contributed by atoms with Gasteiger partial charge in [-0.05, 0) is 30.5 Å². The second-order valence-corrected chi connectivity index (χ2v) is 6.67. The average molecular weight is 410 g/mol. The number of nitrogens with two attached hydrogens (primary N) is 1. The molecule has 9 heteroatoms. The van der Waals surface area contributed by atoms with Crippen LogP contribution in [0.15, 0.2) is 42.6 Å². The molecule has 1 aliphatic heterocycles. The van der Waals surface area contributed by atoms with Gasteiger partial charge in [0, 0.05) is 18.2 Å². The molecule has 0 bridgehead atoms. The minimum absolute atomic E-state index is 0.101. The molecule has 1 fully saturated rings. The third kappa shape index (κ3) is 4.75. The lowest BCUT2D eigenvalue weighted by atomic mass is 10.0. The number of hydrogen-bond acceptors (Lipinski definition) is 5. The number of primary amides is 1. The van der Waals surface area contributed by atoms with Gasteiger partial charge in [-0.2, -0.15) is 0 Å². The number of aromatic nitrogens is 1. The van der Waals surface area contributed by atoms with Crippen LogP contribution in [0.1, 0.15) is 44.8 Å². The zero-order chi connectivity index (χ0) is 21.7. The molecule has 0 saturated carbocycles. The van der Waals surface area contributed by atoms with Crippen molar-refractivity contribution < 1.29 is 23.6 Å². The van der Waals surface area contributed by atoms with E-state index in [1.54, 1.807) is 18.2 Å². The number of rotatable bonds is 6. The molecule has 0 spiro atoms. The number of amides is 4. The smallest absolute Gasteiger partial charge is 0.267 e. The van der Waals surface area contributed by atoms with Crippen LogP contribution in [-0.2, 0) is 16.0 Å². The molecule has 154 valence electrons. The Kier molecular flexibility index (Phi) is 6.31. The zero-order valence-electron chi connectivity index (χ0n) is 15.9. The monoisotopic (exact) mass is 410 g/mol. The Bertz CT molecular complexity index is 1050. The summed E-state index contributed by atoms with van der Waals surface area (Å²) < 4.78 is 14.8. The normalized spacial score (nSPS) is 16.4. The first-order chi connectivity index (χ1) is 14.4. The van der Waals surface area contributed by atoms with Crippen LogP contribution in [0, 0.1) is 5.82 Å². The summed E-state index contributed by atoms with van der Waals surface area (Å²) in [6, 6.07) is 6.77. The highest BCUT2D eigenvalue weighted by atomic mass is 19.1. The van der Waals surface area contributed by atoms with Crippen molar-refractivity contribution in [3.63, 3.8) is 0 Å². The molecule has 0 radical (unpaired) electrons. The molecule has 1 aromatic heterocycles. The summed E-state index contributed by atoms with van der Waals surface area (Å²) in [6.07, 6.45) is 5.11. The van der Waals surface area contributed by atoms with Crippen LogP contribution in [0.25, 0.3) is 6.08 Å². The van der Waals surface area contributed by atoms with Gasteiger partial charge in [0.15, 0.2) is 0 Å². The SMILES string of the molecule is NC(=O)c1ncccc1CC=Cc1cccc(C(=O)NC2CCC(=O)NC2=O)c1F. The molecule has 2 heterocycles. The van der Waals surface area contributed by atoms with Gasteiger partial charge in [-0.1, -0.05) is 30.4 Å². The van der Waals surface area contributed by atoms with Crippen molar-refractivity contribution in [2.75, 3.05) is 0 Å². The Morgan fingerprint density at radius 1 is 1.27 bits per heavy atom. The number of halogens is 1. The molecule has 8 nitrogen and oxygen atoms in total. The third-order valence-electron chi connectivity index (χ3n) is 4.58. The quantitative estimate of drug-likeness (QED) is 0.614. The Labute approximate surface area is 171 Å². The number of carbonyl (C=O) groups is 4. The van der Waals surface area contributed by atoms with Crippen molar-refractivity contribution in [3.05, 3.63) is 70.8 Å². The largest absolute Gasteiger partial charge is 0.364 e. The summed E-state index contributed by atoms with van der Waals surface area (Å²) in [7, 11) is 0. The van der Waals surface area contributed by atoms with Crippen molar-refractivity contribution in [1.29, 1.82) is 0 Å². The summed E-state index contributed by atoms with van der Waals surface area (Å²) >= 11 is 0. The summed E-state index contributed by atoms with van der Waals surface area (Å²) in [5.74, 6) is -3.17. The highest BCUT2D eigenvalue weighted by Gasteiger charge is 2.28. The van der Waals surface area contributed by atoms with Crippen LogP contribution in [0.2, 0.25) is 0 Å². The second kappa shape index (κ2) is 9.08. The van der Waals surface area contributed by atoms with E-state index >= 15 is 0 Å². The topological polar surface area (TPSA) is 131 Å². The Morgan fingerprint density at radius 3 is 2.80 bits per heavy atom. The maximum Gasteiger partial charge on any atom is 0.267 e. The van der Waals surface area contributed by atoms with E-state index in [2.05, 4.69) is 15.6 Å². The van der Waals surface area contributed by atoms with Gasteiger partial charge in [0.1, 0.15) is 17.6 Å². The van der Waals surface area contributed by atoms with E-state index in [0.29, 0.717) is 5.56 Å². The van der Waals surface area contributed by atoms with Crippen molar-refractivity contribution in [3.8, 4) is 0 Å². The predicted molar refractivity (Wildman–Crippen MR) is 106 cm³/mol. The zero-order valence-corrected chi connectivity index (χ0v) is 15.9. The fourth-order valence-electron chi connectivity index (χ4n) is 3.06. The van der Waals surface area contributed by atoms with Gasteiger partial charge in [-0.25, -0.2) is 4.39 Å². The molecular formula is C21H19FN4O4. The van der Waals surface area contributed by atoms with Crippen LogP contribution < -0.4 is 16.4 Å². The highest BCUT2D eigenvalue weighted by Crippen LogP contribution is 2.16. The molecule has 30 heavy (non-hydrogen) atoms.